The first-order valence-electron chi connectivity index (χ1n) is 8.64. The second-order valence-corrected chi connectivity index (χ2v) is 6.60. The Morgan fingerprint density at radius 1 is 1.39 bits per heavy atom. The molecule has 1 N–H and O–H groups in total. The standard InChI is InChI=1S/C18H20N4O5S/c1-3-9-22-16(14-10-26-12-7-5-6-8-13(12)27-14)20-21-17(22)28-11-15(23)19-18(24)25-4-2/h3,5-8,14H,1,4,9-11H2,2H3,(H,19,23,24)/t14-/m1/s1. The number of aromatic nitrogens is 3. The number of rotatable bonds is 7. The van der Waals surface area contributed by atoms with E-state index in [0.717, 1.165) is 11.8 Å². The van der Waals surface area contributed by atoms with Gasteiger partial charge in [-0.05, 0) is 19.1 Å². The highest BCUT2D eigenvalue weighted by Gasteiger charge is 2.28. The number of carbonyl (C=O) groups excluding carboxylic acids is 2. The van der Waals surface area contributed by atoms with Gasteiger partial charge in [0.05, 0.1) is 12.4 Å². The number of hydrogen-bond acceptors (Lipinski definition) is 8. The SMILES string of the molecule is C=CCn1c(SCC(=O)NC(=O)OCC)nnc1[C@H]1COc2ccccc2O1. The number of alkyl carbamates (subject to hydrolysis) is 1. The molecule has 0 bridgehead atoms. The topological polar surface area (TPSA) is 105 Å². The lowest BCUT2D eigenvalue weighted by molar-refractivity contribution is -0.117. The zero-order valence-electron chi connectivity index (χ0n) is 15.3. The van der Waals surface area contributed by atoms with Crippen molar-refractivity contribution in [3.63, 3.8) is 0 Å². The molecule has 1 aliphatic rings. The maximum atomic E-state index is 11.9. The highest BCUT2D eigenvalue weighted by molar-refractivity contribution is 7.99. The van der Waals surface area contributed by atoms with E-state index in [1.54, 1.807) is 17.6 Å². The smallest absolute Gasteiger partial charge is 0.413 e. The summed E-state index contributed by atoms with van der Waals surface area (Å²) in [6.45, 7) is 6.33. The zero-order valence-corrected chi connectivity index (χ0v) is 16.1. The summed E-state index contributed by atoms with van der Waals surface area (Å²) in [5, 5.41) is 11.0. The lowest BCUT2D eigenvalue weighted by Gasteiger charge is -2.26. The molecular weight excluding hydrogens is 384 g/mol. The Morgan fingerprint density at radius 2 is 2.18 bits per heavy atom. The second-order valence-electron chi connectivity index (χ2n) is 5.66. The zero-order chi connectivity index (χ0) is 19.9. The predicted octanol–water partition coefficient (Wildman–Crippen LogP) is 2.34. The molecule has 28 heavy (non-hydrogen) atoms. The Bertz CT molecular complexity index is 869. The summed E-state index contributed by atoms with van der Waals surface area (Å²) >= 11 is 1.15. The van der Waals surface area contributed by atoms with Crippen LogP contribution in [0.25, 0.3) is 0 Å². The number of imide groups is 1. The maximum Gasteiger partial charge on any atom is 0.413 e. The van der Waals surface area contributed by atoms with Gasteiger partial charge in [0.2, 0.25) is 5.91 Å². The van der Waals surface area contributed by atoms with E-state index < -0.39 is 18.1 Å². The van der Waals surface area contributed by atoms with Crippen molar-refractivity contribution < 1.29 is 23.8 Å². The summed E-state index contributed by atoms with van der Waals surface area (Å²) in [6, 6.07) is 7.40. The van der Waals surface area contributed by atoms with Crippen molar-refractivity contribution in [3.8, 4) is 11.5 Å². The van der Waals surface area contributed by atoms with Crippen molar-refractivity contribution in [1.82, 2.24) is 20.1 Å². The average molecular weight is 404 g/mol. The van der Waals surface area contributed by atoms with Gasteiger partial charge in [0.25, 0.3) is 0 Å². The summed E-state index contributed by atoms with van der Waals surface area (Å²) in [7, 11) is 0. The first kappa shape index (κ1) is 19.7. The molecule has 2 aromatic rings. The van der Waals surface area contributed by atoms with Crippen molar-refractivity contribution in [2.24, 2.45) is 0 Å². The first-order chi connectivity index (χ1) is 13.6. The lowest BCUT2D eigenvalue weighted by atomic mass is 10.2. The van der Waals surface area contributed by atoms with Gasteiger partial charge in [-0.3, -0.25) is 14.7 Å². The Morgan fingerprint density at radius 3 is 2.93 bits per heavy atom. The number of allylic oxidation sites excluding steroid dienone is 1. The minimum atomic E-state index is -0.771. The van der Waals surface area contributed by atoms with Gasteiger partial charge < -0.3 is 14.2 Å². The first-order valence-corrected chi connectivity index (χ1v) is 9.62. The van der Waals surface area contributed by atoms with E-state index in [2.05, 4.69) is 26.8 Å². The van der Waals surface area contributed by atoms with E-state index in [4.69, 9.17) is 9.47 Å². The van der Waals surface area contributed by atoms with Crippen LogP contribution in [-0.2, 0) is 16.1 Å². The quantitative estimate of drug-likeness (QED) is 0.554. The molecule has 1 aromatic carbocycles. The fourth-order valence-electron chi connectivity index (χ4n) is 2.54. The van der Waals surface area contributed by atoms with Crippen LogP contribution >= 0.6 is 11.8 Å². The van der Waals surface area contributed by atoms with E-state index in [9.17, 15) is 9.59 Å². The number of benzene rings is 1. The number of carbonyl (C=O) groups is 2. The third-order valence-corrected chi connectivity index (χ3v) is 4.67. The Hall–Kier alpha value is -3.01. The van der Waals surface area contributed by atoms with Crippen LogP contribution in [0.15, 0.2) is 42.1 Å². The van der Waals surface area contributed by atoms with Gasteiger partial charge >= 0.3 is 6.09 Å². The van der Waals surface area contributed by atoms with Crippen LogP contribution in [0.1, 0.15) is 18.9 Å². The van der Waals surface area contributed by atoms with Crippen molar-refractivity contribution in [2.75, 3.05) is 19.0 Å². The summed E-state index contributed by atoms with van der Waals surface area (Å²) in [6.07, 6.45) is 0.491. The molecule has 0 spiro atoms. The predicted molar refractivity (Wildman–Crippen MR) is 101 cm³/mol. The highest BCUT2D eigenvalue weighted by atomic mass is 32.2. The van der Waals surface area contributed by atoms with Crippen molar-refractivity contribution in [2.45, 2.75) is 24.7 Å². The van der Waals surface area contributed by atoms with E-state index in [-0.39, 0.29) is 12.4 Å². The monoisotopic (exact) mass is 404 g/mol. The third kappa shape index (κ3) is 4.63. The van der Waals surface area contributed by atoms with Crippen LogP contribution < -0.4 is 14.8 Å². The van der Waals surface area contributed by atoms with Gasteiger partial charge in [-0.25, -0.2) is 4.79 Å². The molecule has 9 nitrogen and oxygen atoms in total. The maximum absolute atomic E-state index is 11.9. The molecule has 0 unspecified atom stereocenters. The number of ether oxygens (including phenoxy) is 3. The van der Waals surface area contributed by atoms with Gasteiger partial charge in [-0.15, -0.1) is 16.8 Å². The van der Waals surface area contributed by atoms with Crippen LogP contribution in [-0.4, -0.2) is 45.7 Å². The molecule has 2 heterocycles. The Kier molecular flexibility index (Phi) is 6.53. The minimum Gasteiger partial charge on any atom is -0.485 e. The number of amides is 2. The van der Waals surface area contributed by atoms with Crippen molar-refractivity contribution >= 4 is 23.8 Å². The molecule has 0 radical (unpaired) electrons. The Balaban J connectivity index is 1.69. The summed E-state index contributed by atoms with van der Waals surface area (Å²) in [5.41, 5.74) is 0. The third-order valence-electron chi connectivity index (χ3n) is 3.70. The highest BCUT2D eigenvalue weighted by Crippen LogP contribution is 2.36. The van der Waals surface area contributed by atoms with E-state index in [0.29, 0.717) is 35.6 Å². The summed E-state index contributed by atoms with van der Waals surface area (Å²) < 4.78 is 18.2. The van der Waals surface area contributed by atoms with Crippen molar-refractivity contribution in [3.05, 3.63) is 42.7 Å². The molecule has 0 saturated carbocycles. The second kappa shape index (κ2) is 9.27. The molecular formula is C18H20N4O5S. The molecule has 10 heteroatoms. The molecule has 0 aliphatic carbocycles. The van der Waals surface area contributed by atoms with Crippen LogP contribution in [0.5, 0.6) is 11.5 Å². The number of para-hydroxylation sites is 2. The van der Waals surface area contributed by atoms with Gasteiger partial charge in [0.1, 0.15) is 6.61 Å². The largest absolute Gasteiger partial charge is 0.485 e. The van der Waals surface area contributed by atoms with Crippen LogP contribution in [0, 0.1) is 0 Å². The van der Waals surface area contributed by atoms with Gasteiger partial charge in [-0.1, -0.05) is 30.0 Å². The summed E-state index contributed by atoms with van der Waals surface area (Å²) in [4.78, 5) is 23.2. The average Bonchev–Trinajstić information content (AvgIpc) is 3.09. The number of fused-ring (bicyclic) bond motifs is 1. The number of hydrogen-bond donors (Lipinski definition) is 1. The summed E-state index contributed by atoms with van der Waals surface area (Å²) in [5.74, 6) is 1.39. The van der Waals surface area contributed by atoms with Crippen molar-refractivity contribution in [1.29, 1.82) is 0 Å². The molecule has 1 aromatic heterocycles. The fraction of sp³-hybridized carbons (Fsp3) is 0.333. The lowest BCUT2D eigenvalue weighted by Crippen LogP contribution is -2.32. The van der Waals surface area contributed by atoms with Gasteiger partial charge in [-0.2, -0.15) is 0 Å². The van der Waals surface area contributed by atoms with E-state index in [1.807, 2.05) is 24.3 Å². The number of nitrogens with zero attached hydrogens (tertiary/aromatic N) is 3. The van der Waals surface area contributed by atoms with Crippen LogP contribution in [0.2, 0.25) is 0 Å². The molecule has 148 valence electrons. The van der Waals surface area contributed by atoms with Gasteiger partial charge in [0, 0.05) is 6.54 Å². The number of nitrogens with one attached hydrogen (secondary N) is 1. The molecule has 0 fully saturated rings. The molecule has 1 aliphatic heterocycles. The minimum absolute atomic E-state index is 0.0149. The fourth-order valence-corrected chi connectivity index (χ4v) is 3.29. The van der Waals surface area contributed by atoms with E-state index >= 15 is 0 Å². The molecule has 0 saturated heterocycles. The van der Waals surface area contributed by atoms with Crippen LogP contribution in [0.3, 0.4) is 0 Å². The molecule has 2 amide bonds. The molecule has 3 rings (SSSR count). The Labute approximate surface area is 166 Å². The number of thioether (sulfide) groups is 1. The molecule has 1 atom stereocenters. The van der Waals surface area contributed by atoms with Crippen LogP contribution in [0.4, 0.5) is 4.79 Å². The normalized spacial score (nSPS) is 15.0. The van der Waals surface area contributed by atoms with Gasteiger partial charge in [0.15, 0.2) is 28.6 Å². The van der Waals surface area contributed by atoms with E-state index in [1.165, 1.54) is 0 Å².